The van der Waals surface area contributed by atoms with Gasteiger partial charge in [-0.15, -0.1) is 0 Å². The zero-order chi connectivity index (χ0) is 14.4. The highest BCUT2D eigenvalue weighted by atomic mass is 16.6. The number of rotatable bonds is 5. The highest BCUT2D eigenvalue weighted by Crippen LogP contribution is 2.23. The van der Waals surface area contributed by atoms with E-state index in [9.17, 15) is 9.59 Å². The molecule has 0 amide bonds. The smallest absolute Gasteiger partial charge is 0.303 e. The van der Waals surface area contributed by atoms with Crippen molar-refractivity contribution < 1.29 is 33.3 Å². The Morgan fingerprint density at radius 1 is 1.11 bits per heavy atom. The molecule has 0 N–H and O–H groups in total. The minimum absolute atomic E-state index is 0.0699. The molecule has 1 aliphatic heterocycles. The van der Waals surface area contributed by atoms with Gasteiger partial charge in [0.05, 0.1) is 6.61 Å². The second kappa shape index (κ2) is 7.42. The van der Waals surface area contributed by atoms with E-state index < -0.39 is 36.4 Å². The molecular weight excluding hydrogens is 256 g/mol. The van der Waals surface area contributed by atoms with E-state index in [1.54, 1.807) is 0 Å². The van der Waals surface area contributed by atoms with Gasteiger partial charge in [0.25, 0.3) is 0 Å². The molecular formula is C12H20O7. The van der Waals surface area contributed by atoms with Crippen LogP contribution in [0.4, 0.5) is 0 Å². The van der Waals surface area contributed by atoms with Crippen molar-refractivity contribution >= 4 is 11.9 Å². The second-order valence-electron chi connectivity index (χ2n) is 4.22. The summed E-state index contributed by atoms with van der Waals surface area (Å²) >= 11 is 0. The summed E-state index contributed by atoms with van der Waals surface area (Å²) in [4.78, 5) is 21.8. The van der Waals surface area contributed by atoms with Gasteiger partial charge in [-0.1, -0.05) is 0 Å². The Bertz CT molecular complexity index is 317. The maximum absolute atomic E-state index is 11.0. The summed E-state index contributed by atoms with van der Waals surface area (Å²) in [6.45, 7) is 2.88. The maximum Gasteiger partial charge on any atom is 0.303 e. The second-order valence-corrected chi connectivity index (χ2v) is 4.22. The Morgan fingerprint density at radius 3 is 2.21 bits per heavy atom. The van der Waals surface area contributed by atoms with E-state index in [1.807, 2.05) is 0 Å². The summed E-state index contributed by atoms with van der Waals surface area (Å²) in [6.07, 6.45) is -1.95. The largest absolute Gasteiger partial charge is 0.463 e. The fourth-order valence-electron chi connectivity index (χ4n) is 2.06. The first kappa shape index (κ1) is 15.9. The van der Waals surface area contributed by atoms with Crippen molar-refractivity contribution in [1.82, 2.24) is 0 Å². The zero-order valence-electron chi connectivity index (χ0n) is 11.6. The molecule has 0 aromatic rings. The third-order valence-corrected chi connectivity index (χ3v) is 2.84. The van der Waals surface area contributed by atoms with Crippen molar-refractivity contribution in [3.63, 3.8) is 0 Å². The lowest BCUT2D eigenvalue weighted by Gasteiger charge is -2.40. The monoisotopic (exact) mass is 276 g/mol. The summed E-state index contributed by atoms with van der Waals surface area (Å²) in [5.74, 6) is -0.807. The quantitative estimate of drug-likeness (QED) is 0.649. The minimum Gasteiger partial charge on any atom is -0.463 e. The SMILES string of the molecule is CO[C@@H]1[C@@H](OC)[C@@H](COC(C)=O)OC[C@@H]1OC(C)=O. The van der Waals surface area contributed by atoms with Gasteiger partial charge < -0.3 is 23.7 Å². The topological polar surface area (TPSA) is 80.3 Å². The molecule has 7 nitrogen and oxygen atoms in total. The lowest BCUT2D eigenvalue weighted by Crippen LogP contribution is -2.57. The van der Waals surface area contributed by atoms with Gasteiger partial charge in [0, 0.05) is 28.1 Å². The Kier molecular flexibility index (Phi) is 6.20. The van der Waals surface area contributed by atoms with Crippen LogP contribution >= 0.6 is 0 Å². The van der Waals surface area contributed by atoms with Gasteiger partial charge >= 0.3 is 11.9 Å². The molecule has 110 valence electrons. The van der Waals surface area contributed by atoms with Crippen LogP contribution in [0.5, 0.6) is 0 Å². The molecule has 0 aliphatic carbocycles. The molecule has 0 bridgehead atoms. The Morgan fingerprint density at radius 2 is 1.74 bits per heavy atom. The number of hydrogen-bond acceptors (Lipinski definition) is 7. The number of ether oxygens (including phenoxy) is 5. The summed E-state index contributed by atoms with van der Waals surface area (Å²) in [7, 11) is 3.00. The van der Waals surface area contributed by atoms with Crippen LogP contribution in [0, 0.1) is 0 Å². The summed E-state index contributed by atoms with van der Waals surface area (Å²) in [5.41, 5.74) is 0. The molecule has 0 spiro atoms. The van der Waals surface area contributed by atoms with Gasteiger partial charge in [-0.2, -0.15) is 0 Å². The Labute approximate surface area is 112 Å². The van der Waals surface area contributed by atoms with Crippen LogP contribution < -0.4 is 0 Å². The van der Waals surface area contributed by atoms with Crippen LogP contribution in [-0.2, 0) is 33.3 Å². The first-order chi connectivity index (χ1) is 8.99. The van der Waals surface area contributed by atoms with Gasteiger partial charge in [-0.05, 0) is 0 Å². The van der Waals surface area contributed by atoms with E-state index in [0.29, 0.717) is 0 Å². The highest BCUT2D eigenvalue weighted by molar-refractivity contribution is 5.66. The van der Waals surface area contributed by atoms with Crippen LogP contribution in [0.2, 0.25) is 0 Å². The average Bonchev–Trinajstić information content (AvgIpc) is 2.35. The molecule has 0 aromatic carbocycles. The minimum atomic E-state index is -0.541. The fraction of sp³-hybridized carbons (Fsp3) is 0.833. The van der Waals surface area contributed by atoms with Crippen LogP contribution in [0.25, 0.3) is 0 Å². The molecule has 0 aromatic heterocycles. The molecule has 1 saturated heterocycles. The summed E-state index contributed by atoms with van der Waals surface area (Å²) < 4.78 is 26.2. The van der Waals surface area contributed by atoms with Gasteiger partial charge in [0.2, 0.25) is 0 Å². The van der Waals surface area contributed by atoms with Crippen molar-refractivity contribution in [1.29, 1.82) is 0 Å². The number of methoxy groups -OCH3 is 2. The van der Waals surface area contributed by atoms with Crippen molar-refractivity contribution in [3.05, 3.63) is 0 Å². The first-order valence-corrected chi connectivity index (χ1v) is 5.97. The zero-order valence-corrected chi connectivity index (χ0v) is 11.6. The lowest BCUT2D eigenvalue weighted by atomic mass is 10.00. The maximum atomic E-state index is 11.0. The van der Waals surface area contributed by atoms with E-state index in [0.717, 1.165) is 0 Å². The first-order valence-electron chi connectivity index (χ1n) is 5.97. The molecule has 1 aliphatic rings. The Balaban J connectivity index is 2.69. The van der Waals surface area contributed by atoms with Crippen molar-refractivity contribution in [2.45, 2.75) is 38.3 Å². The summed E-state index contributed by atoms with van der Waals surface area (Å²) in [5, 5.41) is 0. The molecule has 19 heavy (non-hydrogen) atoms. The molecule has 0 saturated carbocycles. The van der Waals surface area contributed by atoms with E-state index in [2.05, 4.69) is 0 Å². The van der Waals surface area contributed by atoms with Gasteiger partial charge in [0.1, 0.15) is 24.9 Å². The van der Waals surface area contributed by atoms with Crippen molar-refractivity contribution in [2.75, 3.05) is 27.4 Å². The van der Waals surface area contributed by atoms with Crippen LogP contribution in [-0.4, -0.2) is 63.8 Å². The van der Waals surface area contributed by atoms with Gasteiger partial charge in [-0.25, -0.2) is 0 Å². The molecule has 4 atom stereocenters. The van der Waals surface area contributed by atoms with E-state index in [4.69, 9.17) is 23.7 Å². The van der Waals surface area contributed by atoms with Gasteiger partial charge in [0.15, 0.2) is 6.10 Å². The third-order valence-electron chi connectivity index (χ3n) is 2.84. The van der Waals surface area contributed by atoms with Crippen molar-refractivity contribution in [3.8, 4) is 0 Å². The van der Waals surface area contributed by atoms with Gasteiger partial charge in [-0.3, -0.25) is 9.59 Å². The third kappa shape index (κ3) is 4.45. The average molecular weight is 276 g/mol. The fourth-order valence-corrected chi connectivity index (χ4v) is 2.06. The normalized spacial score (nSPS) is 30.7. The van der Waals surface area contributed by atoms with E-state index >= 15 is 0 Å². The Hall–Kier alpha value is -1.18. The molecule has 1 fully saturated rings. The lowest BCUT2D eigenvalue weighted by molar-refractivity contribution is -0.224. The number of carbonyl (C=O) groups excluding carboxylic acids is 2. The molecule has 1 heterocycles. The molecule has 0 unspecified atom stereocenters. The number of hydrogen-bond donors (Lipinski definition) is 0. The molecule has 7 heteroatoms. The number of esters is 2. The number of carbonyl (C=O) groups is 2. The van der Waals surface area contributed by atoms with Crippen molar-refractivity contribution in [2.24, 2.45) is 0 Å². The standard InChI is InChI=1S/C12H20O7/c1-7(13)17-5-9-11(15-3)12(16-4)10(6-18-9)19-8(2)14/h9-12H,5-6H2,1-4H3/t9-,10+,11+,12+/m1/s1. The molecule has 1 rings (SSSR count). The molecule has 0 radical (unpaired) electrons. The highest BCUT2D eigenvalue weighted by Gasteiger charge is 2.43. The van der Waals surface area contributed by atoms with E-state index in [-0.39, 0.29) is 13.2 Å². The van der Waals surface area contributed by atoms with Crippen LogP contribution in [0.1, 0.15) is 13.8 Å². The van der Waals surface area contributed by atoms with E-state index in [1.165, 1.54) is 28.1 Å². The van der Waals surface area contributed by atoms with Crippen LogP contribution in [0.3, 0.4) is 0 Å². The predicted octanol–water partition coefficient (Wildman–Crippen LogP) is -0.0900. The predicted molar refractivity (Wildman–Crippen MR) is 63.5 cm³/mol. The summed E-state index contributed by atoms with van der Waals surface area (Å²) in [6, 6.07) is 0. The van der Waals surface area contributed by atoms with Crippen LogP contribution in [0.15, 0.2) is 0 Å².